The summed E-state index contributed by atoms with van der Waals surface area (Å²) in [4.78, 5) is 6.75. The lowest BCUT2D eigenvalue weighted by atomic mass is 10.1. The monoisotopic (exact) mass is 301 g/mol. The summed E-state index contributed by atoms with van der Waals surface area (Å²) in [6.07, 6.45) is 0.148. The number of morpholine rings is 1. The highest BCUT2D eigenvalue weighted by molar-refractivity contribution is 5.40. The molecule has 0 spiro atoms. The minimum absolute atomic E-state index is 0.148. The van der Waals surface area contributed by atoms with Gasteiger partial charge in [0.1, 0.15) is 11.6 Å². The van der Waals surface area contributed by atoms with E-state index in [-0.39, 0.29) is 6.10 Å². The molecule has 3 rings (SSSR count). The van der Waals surface area contributed by atoms with Gasteiger partial charge in [-0.1, -0.05) is 12.1 Å². The molecule has 0 saturated carbocycles. The highest BCUT2D eigenvalue weighted by Gasteiger charge is 2.22. The minimum atomic E-state index is 0.148. The van der Waals surface area contributed by atoms with Crippen molar-refractivity contribution in [1.29, 1.82) is 0 Å². The molecule has 1 fully saturated rings. The van der Waals surface area contributed by atoms with Gasteiger partial charge in [-0.15, -0.1) is 0 Å². The number of ether oxygens (including phenoxy) is 1. The fourth-order valence-electron chi connectivity index (χ4n) is 2.91. The second-order valence-electron chi connectivity index (χ2n) is 5.86. The number of aryl methyl sites for hydroxylation is 2. The molecule has 1 aromatic carbocycles. The number of rotatable bonds is 4. The van der Waals surface area contributed by atoms with Gasteiger partial charge in [-0.3, -0.25) is 4.90 Å². The van der Waals surface area contributed by atoms with Crippen LogP contribution in [0.5, 0.6) is 0 Å². The largest absolute Gasteiger partial charge is 0.399 e. The van der Waals surface area contributed by atoms with Crippen LogP contribution in [0.25, 0.3) is 0 Å². The normalized spacial score (nSPS) is 19.5. The molecular weight excluding hydrogens is 278 g/mol. The number of hydrogen-bond donors (Lipinski definition) is 1. The number of benzene rings is 1. The fraction of sp³-hybridized carbons (Fsp3) is 0.500. The Balaban J connectivity index is 1.60. The van der Waals surface area contributed by atoms with Crippen LogP contribution in [0.4, 0.5) is 5.69 Å². The van der Waals surface area contributed by atoms with Crippen LogP contribution in [0.15, 0.2) is 24.3 Å². The van der Waals surface area contributed by atoms with Gasteiger partial charge >= 0.3 is 0 Å². The van der Waals surface area contributed by atoms with E-state index in [2.05, 4.69) is 21.0 Å². The van der Waals surface area contributed by atoms with Crippen LogP contribution in [0, 0.1) is 13.8 Å². The predicted octanol–water partition coefficient (Wildman–Crippen LogP) is 1.38. The third kappa shape index (κ3) is 3.64. The Bertz CT molecular complexity index is 639. The molecule has 0 aliphatic carbocycles. The van der Waals surface area contributed by atoms with Gasteiger partial charge in [-0.05, 0) is 31.5 Å². The molecule has 0 radical (unpaired) electrons. The quantitative estimate of drug-likeness (QED) is 0.864. The van der Waals surface area contributed by atoms with Crippen LogP contribution < -0.4 is 5.73 Å². The first-order chi connectivity index (χ1) is 10.6. The van der Waals surface area contributed by atoms with Crippen molar-refractivity contribution in [1.82, 2.24) is 19.7 Å². The molecule has 1 unspecified atom stereocenters. The maximum absolute atomic E-state index is 5.88. The lowest BCUT2D eigenvalue weighted by Gasteiger charge is -2.33. The number of nitrogens with two attached hydrogens (primary N) is 1. The Labute approximate surface area is 130 Å². The van der Waals surface area contributed by atoms with E-state index >= 15 is 0 Å². The average molecular weight is 301 g/mol. The van der Waals surface area contributed by atoms with Gasteiger partial charge in [0.25, 0.3) is 0 Å². The summed E-state index contributed by atoms with van der Waals surface area (Å²) in [5.41, 5.74) is 7.91. The molecule has 6 nitrogen and oxygen atoms in total. The van der Waals surface area contributed by atoms with Gasteiger partial charge in [0.2, 0.25) is 0 Å². The number of nitrogen functional groups attached to an aromatic ring is 1. The van der Waals surface area contributed by atoms with Gasteiger partial charge in [-0.2, -0.15) is 5.10 Å². The summed E-state index contributed by atoms with van der Waals surface area (Å²) >= 11 is 0. The van der Waals surface area contributed by atoms with Crippen molar-refractivity contribution in [2.75, 3.05) is 25.4 Å². The number of anilines is 1. The Hall–Kier alpha value is -1.92. The second kappa shape index (κ2) is 6.46. The molecule has 118 valence electrons. The summed E-state index contributed by atoms with van der Waals surface area (Å²) in [6, 6.07) is 8.08. The van der Waals surface area contributed by atoms with Gasteiger partial charge in [0.15, 0.2) is 0 Å². The topological polar surface area (TPSA) is 69.2 Å². The first-order valence-corrected chi connectivity index (χ1v) is 7.66. The average Bonchev–Trinajstić information content (AvgIpc) is 2.77. The van der Waals surface area contributed by atoms with Crippen LogP contribution in [-0.4, -0.2) is 45.5 Å². The Kier molecular flexibility index (Phi) is 4.40. The number of nitrogens with zero attached hydrogens (tertiary/aromatic N) is 4. The van der Waals surface area contributed by atoms with Gasteiger partial charge in [-0.25, -0.2) is 9.67 Å². The van der Waals surface area contributed by atoms with Gasteiger partial charge < -0.3 is 10.5 Å². The Morgan fingerprint density at radius 2 is 2.23 bits per heavy atom. The first-order valence-electron chi connectivity index (χ1n) is 7.66. The molecule has 1 saturated heterocycles. The Morgan fingerprint density at radius 3 is 2.95 bits per heavy atom. The second-order valence-corrected chi connectivity index (χ2v) is 5.86. The molecule has 22 heavy (non-hydrogen) atoms. The number of hydrogen-bond acceptors (Lipinski definition) is 5. The van der Waals surface area contributed by atoms with Crippen LogP contribution >= 0.6 is 0 Å². The summed E-state index contributed by atoms with van der Waals surface area (Å²) in [5, 5.41) is 4.42. The lowest BCUT2D eigenvalue weighted by molar-refractivity contribution is -0.0405. The molecule has 2 aromatic rings. The van der Waals surface area contributed by atoms with Crippen molar-refractivity contribution < 1.29 is 4.74 Å². The maximum Gasteiger partial charge on any atom is 0.147 e. The van der Waals surface area contributed by atoms with Gasteiger partial charge in [0.05, 0.1) is 19.3 Å². The van der Waals surface area contributed by atoms with Gasteiger partial charge in [0, 0.05) is 25.3 Å². The minimum Gasteiger partial charge on any atom is -0.399 e. The SMILES string of the molecule is Cc1nc(C)n(CC2CN(Cc3cccc(N)c3)CCO2)n1. The van der Waals surface area contributed by atoms with Crippen LogP contribution in [0.1, 0.15) is 17.2 Å². The zero-order valence-corrected chi connectivity index (χ0v) is 13.2. The van der Waals surface area contributed by atoms with E-state index in [1.165, 1.54) is 5.56 Å². The van der Waals surface area contributed by atoms with Crippen LogP contribution in [0.2, 0.25) is 0 Å². The van der Waals surface area contributed by atoms with Crippen molar-refractivity contribution in [3.05, 3.63) is 41.5 Å². The molecule has 1 aliphatic rings. The first kappa shape index (κ1) is 15.0. The predicted molar refractivity (Wildman–Crippen MR) is 85.4 cm³/mol. The van der Waals surface area contributed by atoms with Crippen molar-refractivity contribution in [2.45, 2.75) is 33.0 Å². The van der Waals surface area contributed by atoms with Crippen molar-refractivity contribution in [3.8, 4) is 0 Å². The summed E-state index contributed by atoms with van der Waals surface area (Å²) in [7, 11) is 0. The van der Waals surface area contributed by atoms with E-state index in [1.54, 1.807) is 0 Å². The standard InChI is InChI=1S/C16H23N5O/c1-12-18-13(2)21(19-12)11-16-10-20(6-7-22-16)9-14-4-3-5-15(17)8-14/h3-5,8,16H,6-7,9-11,17H2,1-2H3. The van der Waals surface area contributed by atoms with Crippen molar-refractivity contribution in [2.24, 2.45) is 0 Å². The van der Waals surface area contributed by atoms with E-state index in [0.29, 0.717) is 0 Å². The number of aromatic nitrogens is 3. The smallest absolute Gasteiger partial charge is 0.147 e. The van der Waals surface area contributed by atoms with E-state index in [9.17, 15) is 0 Å². The highest BCUT2D eigenvalue weighted by atomic mass is 16.5. The molecule has 1 atom stereocenters. The van der Waals surface area contributed by atoms with Crippen LogP contribution in [0.3, 0.4) is 0 Å². The summed E-state index contributed by atoms with van der Waals surface area (Å²) in [6.45, 7) is 8.14. The zero-order valence-electron chi connectivity index (χ0n) is 13.2. The highest BCUT2D eigenvalue weighted by Crippen LogP contribution is 2.14. The van der Waals surface area contributed by atoms with Crippen molar-refractivity contribution in [3.63, 3.8) is 0 Å². The lowest BCUT2D eigenvalue weighted by Crippen LogP contribution is -2.43. The third-order valence-corrected chi connectivity index (χ3v) is 3.92. The fourth-order valence-corrected chi connectivity index (χ4v) is 2.91. The van der Waals surface area contributed by atoms with Crippen LogP contribution in [-0.2, 0) is 17.8 Å². The molecule has 1 aliphatic heterocycles. The summed E-state index contributed by atoms with van der Waals surface area (Å²) in [5.74, 6) is 1.75. The Morgan fingerprint density at radius 1 is 1.36 bits per heavy atom. The van der Waals surface area contributed by atoms with Crippen molar-refractivity contribution >= 4 is 5.69 Å². The molecule has 2 heterocycles. The molecule has 2 N–H and O–H groups in total. The molecule has 6 heteroatoms. The molecule has 0 bridgehead atoms. The van der Waals surface area contributed by atoms with E-state index in [1.807, 2.05) is 36.7 Å². The zero-order chi connectivity index (χ0) is 15.5. The third-order valence-electron chi connectivity index (χ3n) is 3.92. The molecular formula is C16H23N5O. The van der Waals surface area contributed by atoms with E-state index in [0.717, 1.165) is 50.1 Å². The summed E-state index contributed by atoms with van der Waals surface area (Å²) < 4.78 is 7.82. The van der Waals surface area contributed by atoms with E-state index < -0.39 is 0 Å². The molecule has 0 amide bonds. The van der Waals surface area contributed by atoms with E-state index in [4.69, 9.17) is 10.5 Å². The maximum atomic E-state index is 5.88. The molecule has 1 aromatic heterocycles.